The maximum absolute atomic E-state index is 12.6. The van der Waals surface area contributed by atoms with E-state index in [2.05, 4.69) is 34.9 Å². The molecular weight excluding hydrogens is 424 g/mol. The molecule has 180 valence electrons. The van der Waals surface area contributed by atoms with Crippen molar-refractivity contribution in [3.8, 4) is 11.5 Å². The quantitative estimate of drug-likeness (QED) is 0.448. The van der Waals surface area contributed by atoms with Gasteiger partial charge in [-0.3, -0.25) is 4.79 Å². The number of para-hydroxylation sites is 1. The van der Waals surface area contributed by atoms with Crippen molar-refractivity contribution in [2.45, 2.75) is 31.8 Å². The standard InChI is InChI=1S/C23H32N4O3.CH2O2/c1-29-21-5-3-4-18(22(21)30-2)16-25-23(28)27-14-11-20(12-15-27)26-19-8-6-17(7-9-19)10-13-24;2-1-3/h3-9,20,26H,10-16,24H2,1-2H3,(H,25,28);1H,(H,2,3). The van der Waals surface area contributed by atoms with E-state index in [1.165, 1.54) is 5.56 Å². The number of carbonyl (C=O) groups excluding carboxylic acids is 1. The number of hydrogen-bond acceptors (Lipinski definition) is 6. The van der Waals surface area contributed by atoms with Gasteiger partial charge < -0.3 is 35.8 Å². The fourth-order valence-corrected chi connectivity index (χ4v) is 3.77. The fourth-order valence-electron chi connectivity index (χ4n) is 3.77. The van der Waals surface area contributed by atoms with Crippen LogP contribution in [0.15, 0.2) is 42.5 Å². The van der Waals surface area contributed by atoms with Crippen molar-refractivity contribution in [3.63, 3.8) is 0 Å². The highest BCUT2D eigenvalue weighted by molar-refractivity contribution is 5.74. The van der Waals surface area contributed by atoms with Gasteiger partial charge in [0, 0.05) is 36.9 Å². The Morgan fingerprint density at radius 3 is 2.39 bits per heavy atom. The van der Waals surface area contributed by atoms with Gasteiger partial charge in [-0.15, -0.1) is 0 Å². The Bertz CT molecular complexity index is 868. The van der Waals surface area contributed by atoms with Gasteiger partial charge in [-0.1, -0.05) is 24.3 Å². The number of methoxy groups -OCH3 is 2. The first-order chi connectivity index (χ1) is 16.1. The van der Waals surface area contributed by atoms with Crippen LogP contribution in [0.1, 0.15) is 24.0 Å². The number of urea groups is 1. The Balaban J connectivity index is 0.00000122. The predicted molar refractivity (Wildman–Crippen MR) is 128 cm³/mol. The molecule has 2 amide bonds. The van der Waals surface area contributed by atoms with Crippen LogP contribution < -0.4 is 25.8 Å². The molecule has 1 fully saturated rings. The highest BCUT2D eigenvalue weighted by atomic mass is 16.5. The number of amides is 2. The number of likely N-dealkylation sites (tertiary alicyclic amines) is 1. The van der Waals surface area contributed by atoms with E-state index in [1.807, 2.05) is 23.1 Å². The number of anilines is 1. The summed E-state index contributed by atoms with van der Waals surface area (Å²) in [5, 5.41) is 13.5. The summed E-state index contributed by atoms with van der Waals surface area (Å²) in [6, 6.07) is 14.4. The van der Waals surface area contributed by atoms with Crippen LogP contribution in [-0.2, 0) is 17.8 Å². The summed E-state index contributed by atoms with van der Waals surface area (Å²) >= 11 is 0. The molecule has 5 N–H and O–H groups in total. The lowest BCUT2D eigenvalue weighted by atomic mass is 10.0. The number of rotatable bonds is 8. The van der Waals surface area contributed by atoms with Gasteiger partial charge in [0.1, 0.15) is 0 Å². The lowest BCUT2D eigenvalue weighted by Crippen LogP contribution is -2.46. The summed E-state index contributed by atoms with van der Waals surface area (Å²) in [5.74, 6) is 1.31. The molecule has 0 atom stereocenters. The normalized spacial score (nSPS) is 13.4. The number of benzene rings is 2. The van der Waals surface area contributed by atoms with Gasteiger partial charge in [0.25, 0.3) is 6.47 Å². The van der Waals surface area contributed by atoms with Gasteiger partial charge in [-0.05, 0) is 49.6 Å². The second-order valence-electron chi connectivity index (χ2n) is 7.56. The highest BCUT2D eigenvalue weighted by Crippen LogP contribution is 2.30. The SMILES string of the molecule is COc1cccc(CNC(=O)N2CCC(Nc3ccc(CCN)cc3)CC2)c1OC.O=CO. The van der Waals surface area contributed by atoms with E-state index in [0.717, 1.165) is 43.6 Å². The second kappa shape index (κ2) is 13.8. The number of nitrogens with two attached hydrogens (primary N) is 1. The average molecular weight is 459 g/mol. The molecule has 0 aromatic heterocycles. The first-order valence-electron chi connectivity index (χ1n) is 10.9. The van der Waals surface area contributed by atoms with Crippen molar-refractivity contribution in [1.29, 1.82) is 0 Å². The number of piperidine rings is 1. The van der Waals surface area contributed by atoms with E-state index < -0.39 is 0 Å². The minimum Gasteiger partial charge on any atom is -0.493 e. The summed E-state index contributed by atoms with van der Waals surface area (Å²) in [7, 11) is 3.21. The van der Waals surface area contributed by atoms with E-state index in [9.17, 15) is 4.79 Å². The molecule has 0 spiro atoms. The number of nitrogens with one attached hydrogen (secondary N) is 2. The Hall–Kier alpha value is -3.46. The predicted octanol–water partition coefficient (Wildman–Crippen LogP) is 2.69. The lowest BCUT2D eigenvalue weighted by Gasteiger charge is -2.33. The molecular formula is C24H34N4O5. The molecule has 1 heterocycles. The lowest BCUT2D eigenvalue weighted by molar-refractivity contribution is -0.122. The molecule has 3 rings (SSSR count). The molecule has 0 aliphatic carbocycles. The first kappa shape index (κ1) is 25.8. The van der Waals surface area contributed by atoms with E-state index in [4.69, 9.17) is 25.1 Å². The highest BCUT2D eigenvalue weighted by Gasteiger charge is 2.23. The smallest absolute Gasteiger partial charge is 0.317 e. The van der Waals surface area contributed by atoms with Gasteiger partial charge in [0.15, 0.2) is 11.5 Å². The average Bonchev–Trinajstić information content (AvgIpc) is 2.84. The third-order valence-corrected chi connectivity index (χ3v) is 5.45. The molecule has 33 heavy (non-hydrogen) atoms. The maximum atomic E-state index is 12.6. The van der Waals surface area contributed by atoms with Crippen LogP contribution in [-0.4, -0.2) is 62.4 Å². The topological polar surface area (TPSA) is 126 Å². The minimum atomic E-state index is -0.250. The van der Waals surface area contributed by atoms with Crippen LogP contribution in [0.2, 0.25) is 0 Å². The molecule has 1 saturated heterocycles. The van der Waals surface area contributed by atoms with Crippen LogP contribution >= 0.6 is 0 Å². The van der Waals surface area contributed by atoms with Crippen molar-refractivity contribution in [2.75, 3.05) is 39.2 Å². The first-order valence-corrected chi connectivity index (χ1v) is 10.9. The van der Waals surface area contributed by atoms with Crippen molar-refractivity contribution in [1.82, 2.24) is 10.2 Å². The van der Waals surface area contributed by atoms with E-state index in [-0.39, 0.29) is 12.5 Å². The summed E-state index contributed by atoms with van der Waals surface area (Å²) in [5.41, 5.74) is 8.86. The van der Waals surface area contributed by atoms with Crippen LogP contribution in [0.4, 0.5) is 10.5 Å². The Labute approximate surface area is 194 Å². The second-order valence-corrected chi connectivity index (χ2v) is 7.56. The van der Waals surface area contributed by atoms with E-state index >= 15 is 0 Å². The molecule has 0 saturated carbocycles. The van der Waals surface area contributed by atoms with Gasteiger partial charge in [-0.25, -0.2) is 4.79 Å². The fraction of sp³-hybridized carbons (Fsp3) is 0.417. The summed E-state index contributed by atoms with van der Waals surface area (Å²) in [6.45, 7) is 2.26. The van der Waals surface area contributed by atoms with Crippen molar-refractivity contribution >= 4 is 18.2 Å². The summed E-state index contributed by atoms with van der Waals surface area (Å²) in [4.78, 5) is 22.8. The van der Waals surface area contributed by atoms with Gasteiger partial charge in [-0.2, -0.15) is 0 Å². The van der Waals surface area contributed by atoms with Crippen molar-refractivity contribution in [2.24, 2.45) is 5.73 Å². The minimum absolute atomic E-state index is 0.0514. The summed E-state index contributed by atoms with van der Waals surface area (Å²) in [6.07, 6.45) is 2.73. The monoisotopic (exact) mass is 458 g/mol. The Morgan fingerprint density at radius 1 is 1.15 bits per heavy atom. The third-order valence-electron chi connectivity index (χ3n) is 5.45. The van der Waals surface area contributed by atoms with Gasteiger partial charge in [0.2, 0.25) is 0 Å². The van der Waals surface area contributed by atoms with Crippen LogP contribution in [0, 0.1) is 0 Å². The molecule has 9 nitrogen and oxygen atoms in total. The number of ether oxygens (including phenoxy) is 2. The molecule has 1 aliphatic rings. The number of hydrogen-bond donors (Lipinski definition) is 4. The number of carboxylic acid groups (broad SMARTS) is 1. The molecule has 0 radical (unpaired) electrons. The number of carbonyl (C=O) groups is 2. The van der Waals surface area contributed by atoms with Crippen LogP contribution in [0.3, 0.4) is 0 Å². The van der Waals surface area contributed by atoms with Gasteiger partial charge >= 0.3 is 6.03 Å². The zero-order valence-electron chi connectivity index (χ0n) is 19.3. The third kappa shape index (κ3) is 7.87. The molecule has 0 bridgehead atoms. The zero-order chi connectivity index (χ0) is 24.1. The number of nitrogens with zero attached hydrogens (tertiary/aromatic N) is 1. The van der Waals surface area contributed by atoms with E-state index in [0.29, 0.717) is 30.6 Å². The Kier molecular flexibility index (Phi) is 10.8. The van der Waals surface area contributed by atoms with Gasteiger partial charge in [0.05, 0.1) is 14.2 Å². The van der Waals surface area contributed by atoms with Crippen LogP contribution in [0.5, 0.6) is 11.5 Å². The largest absolute Gasteiger partial charge is 0.493 e. The van der Waals surface area contributed by atoms with Crippen molar-refractivity contribution < 1.29 is 24.2 Å². The maximum Gasteiger partial charge on any atom is 0.317 e. The Morgan fingerprint density at radius 2 is 1.82 bits per heavy atom. The van der Waals surface area contributed by atoms with Crippen LogP contribution in [0.25, 0.3) is 0 Å². The molecule has 2 aromatic carbocycles. The molecule has 9 heteroatoms. The molecule has 1 aliphatic heterocycles. The van der Waals surface area contributed by atoms with Crippen molar-refractivity contribution in [3.05, 3.63) is 53.6 Å². The molecule has 2 aromatic rings. The zero-order valence-corrected chi connectivity index (χ0v) is 19.3. The summed E-state index contributed by atoms with van der Waals surface area (Å²) < 4.78 is 10.8. The van der Waals surface area contributed by atoms with E-state index in [1.54, 1.807) is 14.2 Å². The molecule has 0 unspecified atom stereocenters.